The molecule has 12 heavy (non-hydrogen) atoms. The van der Waals surface area contributed by atoms with Crippen LogP contribution in [0.3, 0.4) is 0 Å². The molecule has 1 rings (SSSR count). The third-order valence-corrected chi connectivity index (χ3v) is 2.19. The maximum absolute atomic E-state index is 11.3. The lowest BCUT2D eigenvalue weighted by Crippen LogP contribution is -2.62. The van der Waals surface area contributed by atoms with Crippen molar-refractivity contribution < 1.29 is 19.3 Å². The van der Waals surface area contributed by atoms with Gasteiger partial charge in [0.15, 0.2) is 0 Å². The van der Waals surface area contributed by atoms with Gasteiger partial charge in [-0.05, 0) is 0 Å². The molecule has 0 aromatic heterocycles. The molecular weight excluding hydrogens is 160 g/mol. The molecule has 1 aliphatic rings. The number of carbonyl (C=O) groups is 1. The summed E-state index contributed by atoms with van der Waals surface area (Å²) in [6.07, 6.45) is 0. The topological polar surface area (TPSA) is 44.8 Å². The number of ether oxygens (including phenoxy) is 1. The largest absolute Gasteiger partial charge is 0.467 e. The first-order chi connectivity index (χ1) is 5.44. The van der Waals surface area contributed by atoms with E-state index in [-0.39, 0.29) is 18.0 Å². The number of rotatable bonds is 1. The number of hydrogen-bond donors (Lipinski definition) is 0. The molecule has 0 saturated carbocycles. The molecule has 1 aliphatic heterocycles. The van der Waals surface area contributed by atoms with E-state index in [4.69, 9.17) is 4.89 Å². The fourth-order valence-electron chi connectivity index (χ4n) is 1.08. The Hall–Kier alpha value is -0.610. The van der Waals surface area contributed by atoms with Crippen LogP contribution in [0.25, 0.3) is 0 Å². The first-order valence-corrected chi connectivity index (χ1v) is 3.83. The summed E-state index contributed by atoms with van der Waals surface area (Å²) in [5, 5.41) is 0. The smallest absolute Gasteiger partial charge is 0.344 e. The molecule has 0 N–H and O–H groups in total. The van der Waals surface area contributed by atoms with Crippen molar-refractivity contribution in [2.45, 2.75) is 26.4 Å². The fraction of sp³-hybridized carbons (Fsp3) is 0.875. The lowest BCUT2D eigenvalue weighted by Gasteiger charge is -2.45. The molecule has 0 radical (unpaired) electrons. The molecule has 1 unspecified atom stereocenters. The van der Waals surface area contributed by atoms with Crippen LogP contribution in [-0.4, -0.2) is 25.3 Å². The van der Waals surface area contributed by atoms with Gasteiger partial charge >= 0.3 is 5.97 Å². The van der Waals surface area contributed by atoms with Crippen molar-refractivity contribution in [2.24, 2.45) is 5.41 Å². The van der Waals surface area contributed by atoms with Crippen molar-refractivity contribution in [2.75, 3.05) is 13.7 Å². The molecule has 0 aliphatic carbocycles. The molecule has 1 saturated heterocycles. The maximum Gasteiger partial charge on any atom is 0.344 e. The molecule has 1 fully saturated rings. The normalized spacial score (nSPS) is 29.3. The number of esters is 1. The monoisotopic (exact) mass is 174 g/mol. The van der Waals surface area contributed by atoms with Gasteiger partial charge in [-0.1, -0.05) is 20.8 Å². The summed E-state index contributed by atoms with van der Waals surface area (Å²) in [7, 11) is 1.34. The van der Waals surface area contributed by atoms with Crippen LogP contribution in [0, 0.1) is 5.41 Å². The van der Waals surface area contributed by atoms with Crippen molar-refractivity contribution in [1.82, 2.24) is 0 Å². The van der Waals surface area contributed by atoms with Gasteiger partial charge in [0.2, 0.25) is 5.60 Å². The van der Waals surface area contributed by atoms with Gasteiger partial charge < -0.3 is 4.74 Å². The first-order valence-electron chi connectivity index (χ1n) is 3.83. The van der Waals surface area contributed by atoms with Gasteiger partial charge in [-0.2, -0.15) is 0 Å². The lowest BCUT2D eigenvalue weighted by molar-refractivity contribution is -0.478. The van der Waals surface area contributed by atoms with E-state index in [0.29, 0.717) is 0 Å². The van der Waals surface area contributed by atoms with Gasteiger partial charge in [0.25, 0.3) is 0 Å². The standard InChI is InChI=1S/C8H14O4/c1-7(2,3)8(5-11-12-8)6(9)10-4/h5H2,1-4H3. The second kappa shape index (κ2) is 2.71. The summed E-state index contributed by atoms with van der Waals surface area (Å²) in [5.41, 5.74) is -1.22. The first kappa shape index (κ1) is 9.48. The van der Waals surface area contributed by atoms with E-state index in [1.165, 1.54) is 7.11 Å². The zero-order chi connectivity index (χ0) is 9.41. The van der Waals surface area contributed by atoms with E-state index in [9.17, 15) is 4.79 Å². The molecular formula is C8H14O4. The Bertz CT molecular complexity index is 188. The van der Waals surface area contributed by atoms with Crippen LogP contribution in [-0.2, 0) is 19.3 Å². The van der Waals surface area contributed by atoms with Crippen LogP contribution in [0.2, 0.25) is 0 Å². The molecule has 4 nitrogen and oxygen atoms in total. The van der Waals surface area contributed by atoms with E-state index in [0.717, 1.165) is 0 Å². The third kappa shape index (κ3) is 1.11. The minimum atomic E-state index is -0.915. The molecule has 0 aromatic carbocycles. The van der Waals surface area contributed by atoms with Crippen LogP contribution < -0.4 is 0 Å². The van der Waals surface area contributed by atoms with Crippen molar-refractivity contribution in [1.29, 1.82) is 0 Å². The average molecular weight is 174 g/mol. The summed E-state index contributed by atoms with van der Waals surface area (Å²) in [5.74, 6) is -0.374. The average Bonchev–Trinajstić information content (AvgIpc) is 1.81. The molecule has 0 amide bonds. The van der Waals surface area contributed by atoms with Crippen molar-refractivity contribution in [3.63, 3.8) is 0 Å². The van der Waals surface area contributed by atoms with E-state index in [2.05, 4.69) is 9.62 Å². The van der Waals surface area contributed by atoms with Crippen LogP contribution in [0.15, 0.2) is 0 Å². The zero-order valence-corrected chi connectivity index (χ0v) is 7.84. The number of hydrogen-bond acceptors (Lipinski definition) is 4. The van der Waals surface area contributed by atoms with Gasteiger partial charge in [0, 0.05) is 5.41 Å². The fourth-order valence-corrected chi connectivity index (χ4v) is 1.08. The summed E-state index contributed by atoms with van der Waals surface area (Å²) in [4.78, 5) is 20.8. The summed E-state index contributed by atoms with van der Waals surface area (Å²) >= 11 is 0. The molecule has 0 bridgehead atoms. The van der Waals surface area contributed by atoms with Gasteiger partial charge in [0.05, 0.1) is 7.11 Å². The van der Waals surface area contributed by atoms with Crippen molar-refractivity contribution >= 4 is 5.97 Å². The van der Waals surface area contributed by atoms with E-state index >= 15 is 0 Å². The highest BCUT2D eigenvalue weighted by atomic mass is 17.3. The Morgan fingerprint density at radius 3 is 2.08 bits per heavy atom. The Balaban J connectivity index is 2.83. The molecule has 4 heteroatoms. The van der Waals surface area contributed by atoms with Crippen molar-refractivity contribution in [3.05, 3.63) is 0 Å². The molecule has 70 valence electrons. The Morgan fingerprint density at radius 2 is 2.00 bits per heavy atom. The molecule has 0 spiro atoms. The summed E-state index contributed by atoms with van der Waals surface area (Å²) in [6.45, 7) is 5.99. The quantitative estimate of drug-likeness (QED) is 0.437. The minimum absolute atomic E-state index is 0.267. The third-order valence-electron chi connectivity index (χ3n) is 2.19. The van der Waals surface area contributed by atoms with E-state index in [1.807, 2.05) is 20.8 Å². The van der Waals surface area contributed by atoms with E-state index < -0.39 is 5.60 Å². The second-order valence-corrected chi connectivity index (χ2v) is 3.91. The molecule has 0 aromatic rings. The maximum atomic E-state index is 11.3. The molecule has 1 heterocycles. The Labute approximate surface area is 71.7 Å². The number of carbonyl (C=O) groups excluding carboxylic acids is 1. The SMILES string of the molecule is COC(=O)C1(C(C)(C)C)COO1. The van der Waals surface area contributed by atoms with Crippen LogP contribution in [0.5, 0.6) is 0 Å². The molecule has 1 atom stereocenters. The zero-order valence-electron chi connectivity index (χ0n) is 7.84. The van der Waals surface area contributed by atoms with Crippen LogP contribution in [0.1, 0.15) is 20.8 Å². The van der Waals surface area contributed by atoms with Gasteiger partial charge in [-0.25, -0.2) is 14.6 Å². The predicted molar refractivity (Wildman–Crippen MR) is 41.2 cm³/mol. The van der Waals surface area contributed by atoms with Gasteiger partial charge in [0.1, 0.15) is 6.61 Å². The lowest BCUT2D eigenvalue weighted by atomic mass is 9.76. The second-order valence-electron chi connectivity index (χ2n) is 3.91. The minimum Gasteiger partial charge on any atom is -0.467 e. The van der Waals surface area contributed by atoms with Gasteiger partial charge in [-0.3, -0.25) is 0 Å². The highest BCUT2D eigenvalue weighted by Gasteiger charge is 2.58. The summed E-state index contributed by atoms with van der Waals surface area (Å²) in [6, 6.07) is 0. The summed E-state index contributed by atoms with van der Waals surface area (Å²) < 4.78 is 4.64. The van der Waals surface area contributed by atoms with Crippen molar-refractivity contribution in [3.8, 4) is 0 Å². The predicted octanol–water partition coefficient (Wildman–Crippen LogP) is 0.906. The van der Waals surface area contributed by atoms with Crippen LogP contribution >= 0.6 is 0 Å². The highest BCUT2D eigenvalue weighted by Crippen LogP contribution is 2.40. The van der Waals surface area contributed by atoms with Crippen LogP contribution in [0.4, 0.5) is 0 Å². The highest BCUT2D eigenvalue weighted by molar-refractivity contribution is 5.81. The number of methoxy groups -OCH3 is 1. The van der Waals surface area contributed by atoms with Gasteiger partial charge in [-0.15, -0.1) is 0 Å². The van der Waals surface area contributed by atoms with E-state index in [1.54, 1.807) is 0 Å². The Kier molecular flexibility index (Phi) is 2.14. The Morgan fingerprint density at radius 1 is 1.50 bits per heavy atom.